The molecular formula is C14H19ClN2O3. The summed E-state index contributed by atoms with van der Waals surface area (Å²) in [7, 11) is 1.80. The lowest BCUT2D eigenvalue weighted by Gasteiger charge is -2.18. The van der Waals surface area contributed by atoms with Gasteiger partial charge in [0.15, 0.2) is 0 Å². The number of hydrogen-bond acceptors (Lipinski definition) is 3. The molecule has 0 fully saturated rings. The highest BCUT2D eigenvalue weighted by molar-refractivity contribution is 6.30. The van der Waals surface area contributed by atoms with E-state index < -0.39 is 11.9 Å². The van der Waals surface area contributed by atoms with E-state index in [1.54, 1.807) is 38.2 Å². The number of hydrogen-bond donors (Lipinski definition) is 2. The number of nitrogens with zero attached hydrogens (tertiary/aromatic N) is 1. The molecule has 1 rings (SSSR count). The summed E-state index contributed by atoms with van der Waals surface area (Å²) in [6.07, 6.45) is 0.311. The molecule has 0 aliphatic carbocycles. The van der Waals surface area contributed by atoms with Crippen LogP contribution >= 0.6 is 11.6 Å². The Balaban J connectivity index is 2.32. The van der Waals surface area contributed by atoms with Gasteiger partial charge in [-0.25, -0.2) is 0 Å². The Morgan fingerprint density at radius 3 is 2.50 bits per heavy atom. The van der Waals surface area contributed by atoms with Crippen LogP contribution in [0.25, 0.3) is 0 Å². The summed E-state index contributed by atoms with van der Waals surface area (Å²) in [5, 5.41) is 12.2. The highest BCUT2D eigenvalue weighted by Gasteiger charge is 2.14. The van der Waals surface area contributed by atoms with Crippen LogP contribution in [0, 0.1) is 5.92 Å². The highest BCUT2D eigenvalue weighted by Crippen LogP contribution is 2.13. The summed E-state index contributed by atoms with van der Waals surface area (Å²) >= 11 is 5.76. The molecular weight excluding hydrogens is 280 g/mol. The van der Waals surface area contributed by atoms with Crippen molar-refractivity contribution in [1.29, 1.82) is 0 Å². The number of rotatable bonds is 7. The predicted octanol–water partition coefficient (Wildman–Crippen LogP) is 2.32. The number of aliphatic carboxylic acids is 1. The Morgan fingerprint density at radius 2 is 1.95 bits per heavy atom. The van der Waals surface area contributed by atoms with Crippen molar-refractivity contribution in [2.45, 2.75) is 13.3 Å². The van der Waals surface area contributed by atoms with Crippen molar-refractivity contribution in [3.8, 4) is 0 Å². The van der Waals surface area contributed by atoms with Crippen molar-refractivity contribution in [2.75, 3.05) is 25.5 Å². The third-order valence-corrected chi connectivity index (χ3v) is 3.11. The van der Waals surface area contributed by atoms with Crippen molar-refractivity contribution in [3.63, 3.8) is 0 Å². The zero-order chi connectivity index (χ0) is 15.1. The van der Waals surface area contributed by atoms with Crippen LogP contribution in [-0.2, 0) is 9.59 Å². The highest BCUT2D eigenvalue weighted by atomic mass is 35.5. The van der Waals surface area contributed by atoms with Gasteiger partial charge >= 0.3 is 5.97 Å². The van der Waals surface area contributed by atoms with Crippen molar-refractivity contribution in [3.05, 3.63) is 29.3 Å². The Morgan fingerprint density at radius 1 is 1.35 bits per heavy atom. The zero-order valence-corrected chi connectivity index (χ0v) is 12.4. The van der Waals surface area contributed by atoms with Crippen LogP contribution < -0.4 is 5.32 Å². The fourth-order valence-corrected chi connectivity index (χ4v) is 1.81. The number of benzene rings is 1. The Bertz CT molecular complexity index is 462. The second-order valence-electron chi connectivity index (χ2n) is 4.81. The number of carbonyl (C=O) groups is 2. The summed E-state index contributed by atoms with van der Waals surface area (Å²) in [5.41, 5.74) is 0.695. The lowest BCUT2D eigenvalue weighted by atomic mass is 10.2. The predicted molar refractivity (Wildman–Crippen MR) is 79.0 cm³/mol. The summed E-state index contributed by atoms with van der Waals surface area (Å²) < 4.78 is 0. The Labute approximate surface area is 123 Å². The van der Waals surface area contributed by atoms with E-state index in [2.05, 4.69) is 5.32 Å². The molecule has 1 aromatic carbocycles. The van der Waals surface area contributed by atoms with Crippen molar-refractivity contribution in [2.24, 2.45) is 5.92 Å². The first-order chi connectivity index (χ1) is 9.38. The van der Waals surface area contributed by atoms with Crippen molar-refractivity contribution in [1.82, 2.24) is 4.90 Å². The topological polar surface area (TPSA) is 69.6 Å². The maximum Gasteiger partial charge on any atom is 0.307 e. The van der Waals surface area contributed by atoms with Crippen LogP contribution in [-0.4, -0.2) is 42.0 Å². The molecule has 0 saturated carbocycles. The monoisotopic (exact) mass is 298 g/mol. The Kier molecular flexibility index (Phi) is 6.48. The standard InChI is InChI=1S/C14H19ClN2O3/c1-10(14(19)20)9-17(2)8-7-13(18)16-12-5-3-11(15)4-6-12/h3-6,10H,7-9H2,1-2H3,(H,16,18)(H,19,20). The molecule has 1 atom stereocenters. The smallest absolute Gasteiger partial charge is 0.307 e. The van der Waals surface area contributed by atoms with Crippen LogP contribution in [0.1, 0.15) is 13.3 Å². The first kappa shape index (κ1) is 16.5. The zero-order valence-electron chi connectivity index (χ0n) is 11.6. The molecule has 6 heteroatoms. The molecule has 0 aliphatic rings. The van der Waals surface area contributed by atoms with E-state index in [1.807, 2.05) is 4.90 Å². The summed E-state index contributed by atoms with van der Waals surface area (Å²) in [6, 6.07) is 6.88. The summed E-state index contributed by atoms with van der Waals surface area (Å²) in [6.45, 7) is 2.58. The Hall–Kier alpha value is -1.59. The lowest BCUT2D eigenvalue weighted by molar-refractivity contribution is -0.141. The molecule has 110 valence electrons. The number of carboxylic acids is 1. The number of nitrogens with one attached hydrogen (secondary N) is 1. The molecule has 0 heterocycles. The lowest BCUT2D eigenvalue weighted by Crippen LogP contribution is -2.31. The van der Waals surface area contributed by atoms with Gasteiger partial charge in [0.25, 0.3) is 0 Å². The first-order valence-electron chi connectivity index (χ1n) is 6.35. The molecule has 5 nitrogen and oxygen atoms in total. The summed E-state index contributed by atoms with van der Waals surface area (Å²) in [4.78, 5) is 24.3. The maximum absolute atomic E-state index is 11.7. The van der Waals surface area contributed by atoms with E-state index in [0.29, 0.717) is 30.2 Å². The molecule has 0 aliphatic heterocycles. The van der Waals surface area contributed by atoms with Crippen molar-refractivity contribution >= 4 is 29.2 Å². The van der Waals surface area contributed by atoms with Gasteiger partial charge in [0.2, 0.25) is 5.91 Å². The normalized spacial score (nSPS) is 12.2. The molecule has 20 heavy (non-hydrogen) atoms. The van der Waals surface area contributed by atoms with Gasteiger partial charge < -0.3 is 15.3 Å². The van der Waals surface area contributed by atoms with Gasteiger partial charge in [0.05, 0.1) is 5.92 Å². The van der Waals surface area contributed by atoms with Gasteiger partial charge in [0.1, 0.15) is 0 Å². The third kappa shape index (κ3) is 6.04. The average Bonchev–Trinajstić information content (AvgIpc) is 2.39. The van der Waals surface area contributed by atoms with E-state index in [4.69, 9.17) is 16.7 Å². The van der Waals surface area contributed by atoms with E-state index in [-0.39, 0.29) is 5.91 Å². The van der Waals surface area contributed by atoms with Gasteiger partial charge in [0, 0.05) is 30.2 Å². The van der Waals surface area contributed by atoms with Crippen molar-refractivity contribution < 1.29 is 14.7 Å². The number of halogens is 1. The molecule has 0 radical (unpaired) electrons. The van der Waals surface area contributed by atoms with E-state index >= 15 is 0 Å². The molecule has 1 unspecified atom stereocenters. The fourth-order valence-electron chi connectivity index (χ4n) is 1.69. The molecule has 2 N–H and O–H groups in total. The average molecular weight is 299 g/mol. The maximum atomic E-state index is 11.7. The molecule has 0 bridgehead atoms. The quantitative estimate of drug-likeness (QED) is 0.810. The van der Waals surface area contributed by atoms with E-state index in [1.165, 1.54) is 0 Å². The number of anilines is 1. The van der Waals surface area contributed by atoms with Crippen LogP contribution in [0.3, 0.4) is 0 Å². The summed E-state index contributed by atoms with van der Waals surface area (Å²) in [5.74, 6) is -1.39. The van der Waals surface area contributed by atoms with Crippen LogP contribution in [0.4, 0.5) is 5.69 Å². The van der Waals surface area contributed by atoms with Crippen LogP contribution in [0.2, 0.25) is 5.02 Å². The van der Waals surface area contributed by atoms with Gasteiger partial charge in [-0.3, -0.25) is 9.59 Å². The number of amides is 1. The minimum atomic E-state index is -0.831. The van der Waals surface area contributed by atoms with Gasteiger partial charge in [-0.2, -0.15) is 0 Å². The van der Waals surface area contributed by atoms with E-state index in [0.717, 1.165) is 0 Å². The van der Waals surface area contributed by atoms with Crippen LogP contribution in [0.15, 0.2) is 24.3 Å². The second-order valence-corrected chi connectivity index (χ2v) is 5.24. The minimum Gasteiger partial charge on any atom is -0.481 e. The van der Waals surface area contributed by atoms with Gasteiger partial charge in [-0.15, -0.1) is 0 Å². The molecule has 0 saturated heterocycles. The second kappa shape index (κ2) is 7.87. The minimum absolute atomic E-state index is 0.109. The van der Waals surface area contributed by atoms with Gasteiger partial charge in [-0.05, 0) is 31.3 Å². The SMILES string of the molecule is CC(CN(C)CCC(=O)Nc1ccc(Cl)cc1)C(=O)O. The molecule has 0 spiro atoms. The largest absolute Gasteiger partial charge is 0.481 e. The number of carbonyl (C=O) groups excluding carboxylic acids is 1. The van der Waals surface area contributed by atoms with Gasteiger partial charge in [-0.1, -0.05) is 18.5 Å². The number of carboxylic acid groups (broad SMARTS) is 1. The molecule has 0 aromatic heterocycles. The van der Waals surface area contributed by atoms with E-state index in [9.17, 15) is 9.59 Å². The molecule has 1 amide bonds. The fraction of sp³-hybridized carbons (Fsp3) is 0.429. The third-order valence-electron chi connectivity index (χ3n) is 2.86. The first-order valence-corrected chi connectivity index (χ1v) is 6.73. The molecule has 1 aromatic rings. The van der Waals surface area contributed by atoms with Crippen LogP contribution in [0.5, 0.6) is 0 Å².